The van der Waals surface area contributed by atoms with Crippen molar-refractivity contribution in [1.29, 1.82) is 0 Å². The Morgan fingerprint density at radius 3 is 2.54 bits per heavy atom. The third-order valence-corrected chi connectivity index (χ3v) is 1.67. The monoisotopic (exact) mass is 180 g/mol. The van der Waals surface area contributed by atoms with Crippen LogP contribution in [0.3, 0.4) is 0 Å². The fourth-order valence-corrected chi connectivity index (χ4v) is 0.920. The topological polar surface area (TPSA) is 44.9 Å². The van der Waals surface area contributed by atoms with E-state index < -0.39 is 0 Å². The molecule has 3 nitrogen and oxygen atoms in total. The SMILES string of the molecule is CC(C)(C)NCc1ccc(=O)[nH]c1. The number of aromatic nitrogens is 1. The Bertz CT molecular complexity index is 302. The normalized spacial score (nSPS) is 11.6. The molecule has 0 saturated heterocycles. The molecule has 2 N–H and O–H groups in total. The molecule has 0 bridgehead atoms. The third kappa shape index (κ3) is 3.90. The van der Waals surface area contributed by atoms with Gasteiger partial charge in [-0.1, -0.05) is 6.07 Å². The molecule has 3 heteroatoms. The minimum Gasteiger partial charge on any atom is -0.329 e. The van der Waals surface area contributed by atoms with E-state index in [9.17, 15) is 4.79 Å². The highest BCUT2D eigenvalue weighted by atomic mass is 16.1. The van der Waals surface area contributed by atoms with E-state index in [0.717, 1.165) is 12.1 Å². The second-order valence-corrected chi connectivity index (χ2v) is 4.16. The highest BCUT2D eigenvalue weighted by Gasteiger charge is 2.07. The van der Waals surface area contributed by atoms with Gasteiger partial charge in [0.25, 0.3) is 0 Å². The van der Waals surface area contributed by atoms with Crippen LogP contribution < -0.4 is 10.9 Å². The second kappa shape index (κ2) is 3.75. The molecule has 1 heterocycles. The minimum absolute atomic E-state index is 0.0560. The van der Waals surface area contributed by atoms with E-state index in [2.05, 4.69) is 31.1 Å². The number of nitrogens with one attached hydrogen (secondary N) is 2. The van der Waals surface area contributed by atoms with Crippen molar-refractivity contribution in [2.45, 2.75) is 32.9 Å². The van der Waals surface area contributed by atoms with Gasteiger partial charge in [0.05, 0.1) is 0 Å². The van der Waals surface area contributed by atoms with Gasteiger partial charge in [-0.15, -0.1) is 0 Å². The molecule has 0 aliphatic rings. The number of rotatable bonds is 2. The van der Waals surface area contributed by atoms with Crippen molar-refractivity contribution in [3.05, 3.63) is 34.2 Å². The lowest BCUT2D eigenvalue weighted by Crippen LogP contribution is -2.35. The smallest absolute Gasteiger partial charge is 0.247 e. The van der Waals surface area contributed by atoms with E-state index in [0.29, 0.717) is 0 Å². The molecule has 0 aliphatic carbocycles. The summed E-state index contributed by atoms with van der Waals surface area (Å²) in [5.41, 5.74) is 1.14. The maximum absolute atomic E-state index is 10.7. The van der Waals surface area contributed by atoms with E-state index in [1.807, 2.05) is 6.07 Å². The summed E-state index contributed by atoms with van der Waals surface area (Å²) >= 11 is 0. The molecule has 0 fully saturated rings. The Morgan fingerprint density at radius 2 is 2.08 bits per heavy atom. The van der Waals surface area contributed by atoms with Crippen LogP contribution >= 0.6 is 0 Å². The van der Waals surface area contributed by atoms with Crippen molar-refractivity contribution >= 4 is 0 Å². The van der Waals surface area contributed by atoms with E-state index in [-0.39, 0.29) is 11.1 Å². The van der Waals surface area contributed by atoms with Gasteiger partial charge in [0.15, 0.2) is 0 Å². The van der Waals surface area contributed by atoms with Gasteiger partial charge in [0.1, 0.15) is 0 Å². The highest BCUT2D eigenvalue weighted by molar-refractivity contribution is 5.08. The zero-order valence-electron chi connectivity index (χ0n) is 8.35. The van der Waals surface area contributed by atoms with E-state index in [1.54, 1.807) is 12.3 Å². The van der Waals surface area contributed by atoms with Gasteiger partial charge in [0.2, 0.25) is 5.56 Å². The molecule has 0 unspecified atom stereocenters. The van der Waals surface area contributed by atoms with Gasteiger partial charge < -0.3 is 10.3 Å². The summed E-state index contributed by atoms with van der Waals surface area (Å²) in [7, 11) is 0. The molecule has 0 saturated carbocycles. The van der Waals surface area contributed by atoms with E-state index >= 15 is 0 Å². The largest absolute Gasteiger partial charge is 0.329 e. The van der Waals surface area contributed by atoms with E-state index in [1.165, 1.54) is 0 Å². The highest BCUT2D eigenvalue weighted by Crippen LogP contribution is 2.01. The summed E-state index contributed by atoms with van der Waals surface area (Å²) in [5, 5.41) is 3.34. The summed E-state index contributed by atoms with van der Waals surface area (Å²) in [6.45, 7) is 7.11. The average molecular weight is 180 g/mol. The van der Waals surface area contributed by atoms with Crippen molar-refractivity contribution in [2.75, 3.05) is 0 Å². The number of aromatic amines is 1. The zero-order chi connectivity index (χ0) is 9.90. The maximum Gasteiger partial charge on any atom is 0.247 e. The number of hydrogen-bond acceptors (Lipinski definition) is 2. The van der Waals surface area contributed by atoms with Gasteiger partial charge in [-0.25, -0.2) is 0 Å². The first-order valence-corrected chi connectivity index (χ1v) is 4.40. The van der Waals surface area contributed by atoms with Gasteiger partial charge >= 0.3 is 0 Å². The fraction of sp³-hybridized carbons (Fsp3) is 0.500. The molecule has 0 aromatic carbocycles. The van der Waals surface area contributed by atoms with Crippen LogP contribution in [0.2, 0.25) is 0 Å². The Kier molecular flexibility index (Phi) is 2.88. The molecular formula is C10H16N2O. The van der Waals surface area contributed by atoms with Crippen LogP contribution in [0, 0.1) is 0 Å². The molecule has 0 aliphatic heterocycles. The lowest BCUT2D eigenvalue weighted by Gasteiger charge is -2.20. The van der Waals surface area contributed by atoms with Crippen LogP contribution in [0.25, 0.3) is 0 Å². The first kappa shape index (κ1) is 9.99. The van der Waals surface area contributed by atoms with Crippen molar-refractivity contribution < 1.29 is 0 Å². The Morgan fingerprint density at radius 1 is 1.38 bits per heavy atom. The molecule has 0 spiro atoms. The second-order valence-electron chi connectivity index (χ2n) is 4.16. The van der Waals surface area contributed by atoms with Crippen LogP contribution in [0.15, 0.2) is 23.1 Å². The Balaban J connectivity index is 2.56. The molecule has 1 aromatic heterocycles. The van der Waals surface area contributed by atoms with Crippen molar-refractivity contribution in [3.8, 4) is 0 Å². The molecule has 0 radical (unpaired) electrons. The molecule has 72 valence electrons. The van der Waals surface area contributed by atoms with Crippen molar-refractivity contribution in [1.82, 2.24) is 10.3 Å². The lowest BCUT2D eigenvalue weighted by atomic mass is 10.1. The zero-order valence-corrected chi connectivity index (χ0v) is 8.35. The van der Waals surface area contributed by atoms with Gasteiger partial charge in [0, 0.05) is 24.3 Å². The van der Waals surface area contributed by atoms with Crippen molar-refractivity contribution in [2.24, 2.45) is 0 Å². The third-order valence-electron chi connectivity index (χ3n) is 1.67. The van der Waals surface area contributed by atoms with Crippen LogP contribution in [-0.4, -0.2) is 10.5 Å². The van der Waals surface area contributed by atoms with Gasteiger partial charge in [-0.2, -0.15) is 0 Å². The molecular weight excluding hydrogens is 164 g/mol. The summed E-state index contributed by atoms with van der Waals surface area (Å²) < 4.78 is 0. The Labute approximate surface area is 78.2 Å². The maximum atomic E-state index is 10.7. The van der Waals surface area contributed by atoms with Crippen LogP contribution in [-0.2, 0) is 6.54 Å². The number of H-pyrrole nitrogens is 1. The predicted octanol–water partition coefficient (Wildman–Crippen LogP) is 1.26. The minimum atomic E-state index is -0.0560. The average Bonchev–Trinajstić information content (AvgIpc) is 2.02. The summed E-state index contributed by atoms with van der Waals surface area (Å²) in [4.78, 5) is 13.4. The number of pyridine rings is 1. The quantitative estimate of drug-likeness (QED) is 0.719. The lowest BCUT2D eigenvalue weighted by molar-refractivity contribution is 0.424. The van der Waals surface area contributed by atoms with E-state index in [4.69, 9.17) is 0 Å². The summed E-state index contributed by atoms with van der Waals surface area (Å²) in [5.74, 6) is 0. The first-order chi connectivity index (χ1) is 5.97. The van der Waals surface area contributed by atoms with Crippen molar-refractivity contribution in [3.63, 3.8) is 0 Å². The Hall–Kier alpha value is -1.09. The van der Waals surface area contributed by atoms with Crippen LogP contribution in [0.1, 0.15) is 26.3 Å². The fourth-order valence-electron chi connectivity index (χ4n) is 0.920. The van der Waals surface area contributed by atoms with Crippen LogP contribution in [0.5, 0.6) is 0 Å². The molecule has 0 amide bonds. The molecule has 1 rings (SSSR count). The standard InChI is InChI=1S/C10H16N2O/c1-10(2,3)12-7-8-4-5-9(13)11-6-8/h4-6,12H,7H2,1-3H3,(H,11,13). The predicted molar refractivity (Wildman–Crippen MR) is 53.7 cm³/mol. The molecule has 0 atom stereocenters. The van der Waals surface area contributed by atoms with Gasteiger partial charge in [-0.3, -0.25) is 4.79 Å². The summed E-state index contributed by atoms with van der Waals surface area (Å²) in [6, 6.07) is 3.37. The molecule has 13 heavy (non-hydrogen) atoms. The molecule has 1 aromatic rings. The first-order valence-electron chi connectivity index (χ1n) is 4.40. The van der Waals surface area contributed by atoms with Crippen LogP contribution in [0.4, 0.5) is 0 Å². The van der Waals surface area contributed by atoms with Gasteiger partial charge in [-0.05, 0) is 26.3 Å². The summed E-state index contributed by atoms with van der Waals surface area (Å²) in [6.07, 6.45) is 1.74. The number of hydrogen-bond donors (Lipinski definition) is 2.